The Bertz CT molecular complexity index is 942. The van der Waals surface area contributed by atoms with Gasteiger partial charge in [0, 0.05) is 24.7 Å². The fourth-order valence-corrected chi connectivity index (χ4v) is 4.99. The summed E-state index contributed by atoms with van der Waals surface area (Å²) in [6, 6.07) is 13.6. The molecule has 0 saturated carbocycles. The molecule has 0 amide bonds. The molecule has 0 aliphatic carbocycles. The number of aryl methyl sites for hydroxylation is 1. The molecule has 138 valence electrons. The predicted molar refractivity (Wildman–Crippen MR) is 104 cm³/mol. The zero-order valence-electron chi connectivity index (χ0n) is 14.1. The van der Waals surface area contributed by atoms with Crippen LogP contribution in [0.3, 0.4) is 0 Å². The van der Waals surface area contributed by atoms with Gasteiger partial charge in [0.2, 0.25) is 10.0 Å². The van der Waals surface area contributed by atoms with Crippen LogP contribution < -0.4 is 5.32 Å². The van der Waals surface area contributed by atoms with Gasteiger partial charge >= 0.3 is 0 Å². The minimum absolute atomic E-state index is 0. The van der Waals surface area contributed by atoms with E-state index in [1.54, 1.807) is 25.1 Å². The van der Waals surface area contributed by atoms with E-state index >= 15 is 0 Å². The van der Waals surface area contributed by atoms with Crippen LogP contribution in [-0.2, 0) is 10.0 Å². The average Bonchev–Trinajstić information content (AvgIpc) is 2.62. The zero-order valence-corrected chi connectivity index (χ0v) is 16.5. The maximum atomic E-state index is 13.2. The molecular weight excluding hydrogens is 393 g/mol. The van der Waals surface area contributed by atoms with Crippen molar-refractivity contribution in [3.63, 3.8) is 0 Å². The van der Waals surface area contributed by atoms with Crippen LogP contribution in [0.15, 0.2) is 47.4 Å². The maximum Gasteiger partial charge on any atom is 0.243 e. The smallest absolute Gasteiger partial charge is 0.243 e. The molecule has 8 heteroatoms. The fourth-order valence-electron chi connectivity index (χ4n) is 3.04. The van der Waals surface area contributed by atoms with Gasteiger partial charge in [0.25, 0.3) is 0 Å². The Balaban J connectivity index is 0.00000243. The standard InChI is InChI=1S/C18H18ClN3O2S.ClH/c1-13-10-15(7-6-14(13)11-20)25(23,24)22-9-8-21-12-18(22)16-4-2-3-5-17(16)19;/h2-7,10,18,21H,8-9,12H2,1H3;1H. The van der Waals surface area contributed by atoms with Gasteiger partial charge < -0.3 is 5.32 Å². The van der Waals surface area contributed by atoms with E-state index in [9.17, 15) is 8.42 Å². The highest BCUT2D eigenvalue weighted by Gasteiger charge is 2.35. The summed E-state index contributed by atoms with van der Waals surface area (Å²) < 4.78 is 27.9. The summed E-state index contributed by atoms with van der Waals surface area (Å²) in [6.07, 6.45) is 0. The average molecular weight is 412 g/mol. The molecule has 0 spiro atoms. The minimum Gasteiger partial charge on any atom is -0.313 e. The van der Waals surface area contributed by atoms with E-state index in [1.165, 1.54) is 10.4 Å². The minimum atomic E-state index is -3.70. The summed E-state index contributed by atoms with van der Waals surface area (Å²) in [7, 11) is -3.70. The van der Waals surface area contributed by atoms with Gasteiger partial charge in [-0.25, -0.2) is 8.42 Å². The molecule has 0 aromatic heterocycles. The molecular formula is C18H19Cl2N3O2S. The summed E-state index contributed by atoms with van der Waals surface area (Å²) in [5, 5.41) is 12.8. The molecule has 1 unspecified atom stereocenters. The van der Waals surface area contributed by atoms with Gasteiger partial charge in [0.15, 0.2) is 0 Å². The van der Waals surface area contributed by atoms with Gasteiger partial charge in [-0.15, -0.1) is 12.4 Å². The fraction of sp³-hybridized carbons (Fsp3) is 0.278. The summed E-state index contributed by atoms with van der Waals surface area (Å²) in [4.78, 5) is 0.197. The Kier molecular flexibility index (Phi) is 6.67. The Labute approximate surface area is 165 Å². The number of halogens is 2. The lowest BCUT2D eigenvalue weighted by molar-refractivity contribution is 0.271. The van der Waals surface area contributed by atoms with Crippen molar-refractivity contribution in [1.82, 2.24) is 9.62 Å². The van der Waals surface area contributed by atoms with Crippen molar-refractivity contribution in [1.29, 1.82) is 5.26 Å². The second-order valence-corrected chi connectivity index (χ2v) is 8.24. The Morgan fingerprint density at radius 1 is 1.27 bits per heavy atom. The first-order valence-corrected chi connectivity index (χ1v) is 9.74. The van der Waals surface area contributed by atoms with E-state index in [2.05, 4.69) is 11.4 Å². The van der Waals surface area contributed by atoms with Crippen LogP contribution in [-0.4, -0.2) is 32.4 Å². The van der Waals surface area contributed by atoms with Crippen molar-refractivity contribution in [2.75, 3.05) is 19.6 Å². The van der Waals surface area contributed by atoms with Crippen molar-refractivity contribution in [2.45, 2.75) is 17.9 Å². The van der Waals surface area contributed by atoms with Crippen LogP contribution >= 0.6 is 24.0 Å². The molecule has 26 heavy (non-hydrogen) atoms. The zero-order chi connectivity index (χ0) is 18.0. The van der Waals surface area contributed by atoms with Crippen LogP contribution in [0.4, 0.5) is 0 Å². The molecule has 1 heterocycles. The molecule has 1 fully saturated rings. The van der Waals surface area contributed by atoms with E-state index in [0.29, 0.717) is 35.8 Å². The number of rotatable bonds is 3. The largest absolute Gasteiger partial charge is 0.313 e. The first-order valence-electron chi connectivity index (χ1n) is 7.93. The highest BCUT2D eigenvalue weighted by Crippen LogP contribution is 2.33. The van der Waals surface area contributed by atoms with Crippen LogP contribution in [0.25, 0.3) is 0 Å². The lowest BCUT2D eigenvalue weighted by Crippen LogP contribution is -2.48. The monoisotopic (exact) mass is 411 g/mol. The topological polar surface area (TPSA) is 73.2 Å². The number of benzene rings is 2. The molecule has 1 aliphatic rings. The molecule has 1 atom stereocenters. The Hall–Kier alpha value is -1.62. The number of nitrogens with zero attached hydrogens (tertiary/aromatic N) is 2. The third-order valence-electron chi connectivity index (χ3n) is 4.38. The van der Waals surface area contributed by atoms with E-state index < -0.39 is 10.0 Å². The molecule has 3 rings (SSSR count). The Morgan fingerprint density at radius 2 is 2.00 bits per heavy atom. The normalized spacial score (nSPS) is 18.0. The SMILES string of the molecule is Cc1cc(S(=O)(=O)N2CCNCC2c2ccccc2Cl)ccc1C#N.Cl. The lowest BCUT2D eigenvalue weighted by atomic mass is 10.1. The highest BCUT2D eigenvalue weighted by molar-refractivity contribution is 7.89. The number of nitrogens with one attached hydrogen (secondary N) is 1. The van der Waals surface area contributed by atoms with Gasteiger partial charge in [-0.3, -0.25) is 0 Å². The maximum absolute atomic E-state index is 13.2. The first kappa shape index (κ1) is 20.7. The summed E-state index contributed by atoms with van der Waals surface area (Å²) in [6.45, 7) is 3.17. The number of sulfonamides is 1. The third kappa shape index (κ3) is 3.88. The number of hydrogen-bond acceptors (Lipinski definition) is 4. The molecule has 1 N–H and O–H groups in total. The number of piperazine rings is 1. The van der Waals surface area contributed by atoms with Crippen LogP contribution in [0.1, 0.15) is 22.7 Å². The molecule has 1 aliphatic heterocycles. The van der Waals surface area contributed by atoms with E-state index in [4.69, 9.17) is 16.9 Å². The quantitative estimate of drug-likeness (QED) is 0.840. The number of nitriles is 1. The van der Waals surface area contributed by atoms with Crippen molar-refractivity contribution in [3.8, 4) is 6.07 Å². The van der Waals surface area contributed by atoms with Gasteiger partial charge in [-0.05, 0) is 42.3 Å². The summed E-state index contributed by atoms with van der Waals surface area (Å²) >= 11 is 6.30. The Morgan fingerprint density at radius 3 is 2.65 bits per heavy atom. The molecule has 1 saturated heterocycles. The second-order valence-electron chi connectivity index (χ2n) is 5.95. The van der Waals surface area contributed by atoms with Crippen LogP contribution in [0.5, 0.6) is 0 Å². The summed E-state index contributed by atoms with van der Waals surface area (Å²) in [5.74, 6) is 0. The van der Waals surface area contributed by atoms with Crippen LogP contribution in [0, 0.1) is 18.3 Å². The van der Waals surface area contributed by atoms with Crippen LogP contribution in [0.2, 0.25) is 5.02 Å². The molecule has 0 bridgehead atoms. The molecule has 0 radical (unpaired) electrons. The predicted octanol–water partition coefficient (Wildman–Crippen LogP) is 3.28. The van der Waals surface area contributed by atoms with Crippen molar-refractivity contribution in [3.05, 3.63) is 64.2 Å². The van der Waals surface area contributed by atoms with E-state index in [1.807, 2.05) is 18.2 Å². The second kappa shape index (κ2) is 8.38. The molecule has 2 aromatic rings. The lowest BCUT2D eigenvalue weighted by Gasteiger charge is -2.36. The van der Waals surface area contributed by atoms with Gasteiger partial charge in [-0.2, -0.15) is 9.57 Å². The number of hydrogen-bond donors (Lipinski definition) is 1. The first-order chi connectivity index (χ1) is 11.9. The van der Waals surface area contributed by atoms with E-state index in [-0.39, 0.29) is 23.3 Å². The van der Waals surface area contributed by atoms with Gasteiger partial charge in [0.1, 0.15) is 0 Å². The highest BCUT2D eigenvalue weighted by atomic mass is 35.5. The third-order valence-corrected chi connectivity index (χ3v) is 6.63. The van der Waals surface area contributed by atoms with Crippen molar-refractivity contribution >= 4 is 34.0 Å². The van der Waals surface area contributed by atoms with Gasteiger partial charge in [-0.1, -0.05) is 29.8 Å². The van der Waals surface area contributed by atoms with Crippen molar-refractivity contribution in [2.24, 2.45) is 0 Å². The van der Waals surface area contributed by atoms with Crippen molar-refractivity contribution < 1.29 is 8.42 Å². The van der Waals surface area contributed by atoms with Gasteiger partial charge in [0.05, 0.1) is 22.6 Å². The molecule has 5 nitrogen and oxygen atoms in total. The van der Waals surface area contributed by atoms with E-state index in [0.717, 1.165) is 5.56 Å². The summed E-state index contributed by atoms with van der Waals surface area (Å²) in [5.41, 5.74) is 1.90. The molecule has 2 aromatic carbocycles.